The van der Waals surface area contributed by atoms with Crippen LogP contribution in [0.3, 0.4) is 0 Å². The molecule has 1 aromatic heterocycles. The molecule has 1 saturated heterocycles. The van der Waals surface area contributed by atoms with Crippen molar-refractivity contribution < 1.29 is 4.79 Å². The van der Waals surface area contributed by atoms with E-state index >= 15 is 0 Å². The first kappa shape index (κ1) is 13.2. The third-order valence-corrected chi connectivity index (χ3v) is 4.10. The summed E-state index contributed by atoms with van der Waals surface area (Å²) in [5.41, 5.74) is 7.42. The van der Waals surface area contributed by atoms with Crippen molar-refractivity contribution in [2.75, 3.05) is 0 Å². The number of thiazole rings is 1. The molecule has 0 aliphatic carbocycles. The van der Waals surface area contributed by atoms with Crippen molar-refractivity contribution in [2.45, 2.75) is 25.0 Å². The molecule has 20 heavy (non-hydrogen) atoms. The van der Waals surface area contributed by atoms with E-state index in [0.29, 0.717) is 6.54 Å². The highest BCUT2D eigenvalue weighted by atomic mass is 32.1. The molecule has 1 amide bonds. The van der Waals surface area contributed by atoms with Crippen LogP contribution in [0.4, 0.5) is 0 Å². The van der Waals surface area contributed by atoms with E-state index in [1.807, 2.05) is 23.6 Å². The van der Waals surface area contributed by atoms with E-state index in [1.54, 1.807) is 17.5 Å². The molecule has 0 radical (unpaired) electrons. The lowest BCUT2D eigenvalue weighted by molar-refractivity contribution is -0.123. The summed E-state index contributed by atoms with van der Waals surface area (Å²) in [6, 6.07) is 10.1. The molecule has 6 heteroatoms. The quantitative estimate of drug-likeness (QED) is 0.795. The first-order valence-electron chi connectivity index (χ1n) is 6.55. The molecular formula is C14H16N4OS. The lowest BCUT2D eigenvalue weighted by Gasteiger charge is -2.09. The summed E-state index contributed by atoms with van der Waals surface area (Å²) >= 11 is 1.54. The molecule has 1 aromatic carbocycles. The molecule has 1 fully saturated rings. The molecule has 2 unspecified atom stereocenters. The fourth-order valence-corrected chi connectivity index (χ4v) is 2.81. The summed E-state index contributed by atoms with van der Waals surface area (Å²) in [4.78, 5) is 16.2. The van der Waals surface area contributed by atoms with Gasteiger partial charge in [0.05, 0.1) is 6.54 Å². The van der Waals surface area contributed by atoms with Crippen molar-refractivity contribution in [1.82, 2.24) is 21.2 Å². The van der Waals surface area contributed by atoms with E-state index in [0.717, 1.165) is 11.4 Å². The number of carbonyl (C=O) groups is 1. The minimum atomic E-state index is -0.208. The third-order valence-electron chi connectivity index (χ3n) is 3.32. The zero-order chi connectivity index (χ0) is 13.8. The Morgan fingerprint density at radius 2 is 2.20 bits per heavy atom. The smallest absolute Gasteiger partial charge is 0.238 e. The maximum absolute atomic E-state index is 12.1. The summed E-state index contributed by atoms with van der Waals surface area (Å²) in [7, 11) is 0. The molecule has 0 spiro atoms. The highest BCUT2D eigenvalue weighted by Gasteiger charge is 2.29. The molecule has 1 aliphatic heterocycles. The molecule has 5 nitrogen and oxygen atoms in total. The first-order valence-corrected chi connectivity index (χ1v) is 7.43. The Morgan fingerprint density at radius 3 is 2.95 bits per heavy atom. The average Bonchev–Trinajstić information content (AvgIpc) is 3.17. The van der Waals surface area contributed by atoms with E-state index in [-0.39, 0.29) is 18.0 Å². The lowest BCUT2D eigenvalue weighted by atomic mass is 10.0. The van der Waals surface area contributed by atoms with E-state index in [4.69, 9.17) is 0 Å². The highest BCUT2D eigenvalue weighted by Crippen LogP contribution is 2.21. The van der Waals surface area contributed by atoms with Crippen LogP contribution in [0.5, 0.6) is 0 Å². The van der Waals surface area contributed by atoms with Crippen molar-refractivity contribution in [1.29, 1.82) is 0 Å². The van der Waals surface area contributed by atoms with Gasteiger partial charge >= 0.3 is 0 Å². The summed E-state index contributed by atoms with van der Waals surface area (Å²) in [5.74, 6) is 0.00568. The van der Waals surface area contributed by atoms with Crippen molar-refractivity contribution in [3.8, 4) is 0 Å². The van der Waals surface area contributed by atoms with Crippen LogP contribution in [-0.2, 0) is 11.3 Å². The number of rotatable bonds is 4. The number of carbonyl (C=O) groups excluding carboxylic acids is 1. The van der Waals surface area contributed by atoms with E-state index in [9.17, 15) is 4.79 Å². The maximum atomic E-state index is 12.1. The fourth-order valence-electron chi connectivity index (χ4n) is 2.26. The highest BCUT2D eigenvalue weighted by molar-refractivity contribution is 7.09. The Labute approximate surface area is 121 Å². The second kappa shape index (κ2) is 6.13. The maximum Gasteiger partial charge on any atom is 0.238 e. The van der Waals surface area contributed by atoms with Crippen LogP contribution in [-0.4, -0.2) is 16.9 Å². The molecule has 3 rings (SSSR count). The van der Waals surface area contributed by atoms with Gasteiger partial charge in [-0.05, 0) is 12.0 Å². The Hall–Kier alpha value is -1.76. The predicted molar refractivity (Wildman–Crippen MR) is 77.8 cm³/mol. The van der Waals surface area contributed by atoms with Gasteiger partial charge < -0.3 is 5.32 Å². The summed E-state index contributed by atoms with van der Waals surface area (Å²) < 4.78 is 0. The topological polar surface area (TPSA) is 66.0 Å². The molecule has 1 aliphatic rings. The summed E-state index contributed by atoms with van der Waals surface area (Å²) in [5, 5.41) is 5.73. The molecular weight excluding hydrogens is 272 g/mol. The van der Waals surface area contributed by atoms with Crippen molar-refractivity contribution in [3.05, 3.63) is 52.5 Å². The minimum absolute atomic E-state index is 0.00568. The SMILES string of the molecule is O=C(NCc1nccs1)C1CC(c2ccccc2)NN1. The number of amides is 1. The Kier molecular flexibility index (Phi) is 4.05. The molecule has 104 valence electrons. The second-order valence-corrected chi connectivity index (χ2v) is 5.66. The fraction of sp³-hybridized carbons (Fsp3) is 0.286. The molecule has 2 atom stereocenters. The minimum Gasteiger partial charge on any atom is -0.348 e. The summed E-state index contributed by atoms with van der Waals surface area (Å²) in [6.07, 6.45) is 2.49. The number of hydrogen-bond acceptors (Lipinski definition) is 5. The van der Waals surface area contributed by atoms with Gasteiger partial charge in [0.15, 0.2) is 0 Å². The Morgan fingerprint density at radius 1 is 1.35 bits per heavy atom. The van der Waals surface area contributed by atoms with Crippen LogP contribution < -0.4 is 16.2 Å². The van der Waals surface area contributed by atoms with Gasteiger partial charge in [-0.15, -0.1) is 11.3 Å². The Bertz CT molecular complexity index is 558. The number of hydrogen-bond donors (Lipinski definition) is 3. The van der Waals surface area contributed by atoms with E-state index in [1.165, 1.54) is 5.56 Å². The van der Waals surface area contributed by atoms with Gasteiger partial charge in [0.1, 0.15) is 11.0 Å². The molecule has 0 saturated carbocycles. The van der Waals surface area contributed by atoms with Gasteiger partial charge in [-0.1, -0.05) is 30.3 Å². The van der Waals surface area contributed by atoms with Gasteiger partial charge in [-0.2, -0.15) is 0 Å². The van der Waals surface area contributed by atoms with E-state index < -0.39 is 0 Å². The van der Waals surface area contributed by atoms with Crippen LogP contribution >= 0.6 is 11.3 Å². The number of aromatic nitrogens is 1. The molecule has 2 heterocycles. The molecule has 2 aromatic rings. The van der Waals surface area contributed by atoms with Crippen LogP contribution in [0.2, 0.25) is 0 Å². The van der Waals surface area contributed by atoms with E-state index in [2.05, 4.69) is 33.3 Å². The molecule has 3 N–H and O–H groups in total. The third kappa shape index (κ3) is 3.04. The molecule has 0 bridgehead atoms. The zero-order valence-corrected chi connectivity index (χ0v) is 11.7. The standard InChI is InChI=1S/C14H16N4OS/c19-14(16-9-13-15-6-7-20-13)12-8-11(17-18-12)10-4-2-1-3-5-10/h1-7,11-12,17-18H,8-9H2,(H,16,19). The Balaban J connectivity index is 1.53. The van der Waals surface area contributed by atoms with Crippen LogP contribution in [0, 0.1) is 0 Å². The van der Waals surface area contributed by atoms with Crippen molar-refractivity contribution in [3.63, 3.8) is 0 Å². The summed E-state index contributed by atoms with van der Waals surface area (Å²) in [6.45, 7) is 0.491. The first-order chi connectivity index (χ1) is 9.83. The predicted octanol–water partition coefficient (Wildman–Crippen LogP) is 1.37. The van der Waals surface area contributed by atoms with Crippen molar-refractivity contribution in [2.24, 2.45) is 0 Å². The average molecular weight is 288 g/mol. The van der Waals surface area contributed by atoms with Gasteiger partial charge in [0.25, 0.3) is 0 Å². The number of hydrazine groups is 1. The number of nitrogens with zero attached hydrogens (tertiary/aromatic N) is 1. The normalized spacial score (nSPS) is 21.8. The number of nitrogens with one attached hydrogen (secondary N) is 3. The largest absolute Gasteiger partial charge is 0.348 e. The van der Waals surface area contributed by atoms with Crippen LogP contribution in [0.1, 0.15) is 23.0 Å². The van der Waals surface area contributed by atoms with Gasteiger partial charge in [-0.25, -0.2) is 15.8 Å². The van der Waals surface area contributed by atoms with Gasteiger partial charge in [-0.3, -0.25) is 4.79 Å². The second-order valence-electron chi connectivity index (χ2n) is 4.68. The van der Waals surface area contributed by atoms with Gasteiger partial charge in [0.2, 0.25) is 5.91 Å². The van der Waals surface area contributed by atoms with Crippen molar-refractivity contribution >= 4 is 17.2 Å². The lowest BCUT2D eigenvalue weighted by Crippen LogP contribution is -2.42. The monoisotopic (exact) mass is 288 g/mol. The zero-order valence-electron chi connectivity index (χ0n) is 10.9. The number of benzene rings is 1. The van der Waals surface area contributed by atoms with Crippen LogP contribution in [0.25, 0.3) is 0 Å². The van der Waals surface area contributed by atoms with Gasteiger partial charge in [0, 0.05) is 17.6 Å². The van der Waals surface area contributed by atoms with Crippen LogP contribution in [0.15, 0.2) is 41.9 Å².